The molecular formula is C17H17Cl2NO4. The van der Waals surface area contributed by atoms with Crippen LogP contribution in [0.2, 0.25) is 10.0 Å². The molecule has 0 bridgehead atoms. The van der Waals surface area contributed by atoms with Gasteiger partial charge in [-0.25, -0.2) is 0 Å². The van der Waals surface area contributed by atoms with Crippen LogP contribution < -0.4 is 14.8 Å². The zero-order valence-corrected chi connectivity index (χ0v) is 14.3. The van der Waals surface area contributed by atoms with E-state index in [1.54, 1.807) is 42.5 Å². The molecule has 0 aromatic heterocycles. The molecule has 1 amide bonds. The van der Waals surface area contributed by atoms with Crippen LogP contribution in [0.15, 0.2) is 42.5 Å². The van der Waals surface area contributed by atoms with E-state index in [4.69, 9.17) is 37.8 Å². The lowest BCUT2D eigenvalue weighted by Gasteiger charge is -2.11. The Morgan fingerprint density at radius 2 is 1.71 bits per heavy atom. The zero-order valence-electron chi connectivity index (χ0n) is 12.8. The molecule has 2 rings (SSSR count). The summed E-state index contributed by atoms with van der Waals surface area (Å²) in [4.78, 5) is 11.8. The Labute approximate surface area is 150 Å². The summed E-state index contributed by atoms with van der Waals surface area (Å²) in [5.74, 6) is 0.690. The number of nitrogens with one attached hydrogen (secondary N) is 1. The van der Waals surface area contributed by atoms with Crippen LogP contribution in [0.3, 0.4) is 0 Å². The molecule has 0 heterocycles. The second-order valence-corrected chi connectivity index (χ2v) is 5.57. The molecule has 2 aromatic carbocycles. The van der Waals surface area contributed by atoms with E-state index < -0.39 is 0 Å². The predicted molar refractivity (Wildman–Crippen MR) is 93.3 cm³/mol. The molecule has 0 unspecified atom stereocenters. The van der Waals surface area contributed by atoms with Gasteiger partial charge in [0.05, 0.1) is 16.7 Å². The average molecular weight is 370 g/mol. The molecule has 0 aliphatic rings. The normalized spacial score (nSPS) is 10.3. The first-order chi connectivity index (χ1) is 11.6. The Bertz CT molecular complexity index is 674. The van der Waals surface area contributed by atoms with Crippen molar-refractivity contribution < 1.29 is 19.4 Å². The molecule has 0 saturated heterocycles. The number of amides is 1. The van der Waals surface area contributed by atoms with Gasteiger partial charge in [0.2, 0.25) is 0 Å². The second-order valence-electron chi connectivity index (χ2n) is 4.76. The van der Waals surface area contributed by atoms with Crippen molar-refractivity contribution in [3.05, 3.63) is 58.1 Å². The van der Waals surface area contributed by atoms with Gasteiger partial charge in [-0.05, 0) is 30.3 Å². The van der Waals surface area contributed by atoms with Gasteiger partial charge in [0, 0.05) is 12.1 Å². The first-order valence-corrected chi connectivity index (χ1v) is 8.06. The largest absolute Gasteiger partial charge is 0.490 e. The first kappa shape index (κ1) is 18.4. The quantitative estimate of drug-likeness (QED) is 0.701. The van der Waals surface area contributed by atoms with Crippen molar-refractivity contribution in [3.8, 4) is 11.5 Å². The monoisotopic (exact) mass is 369 g/mol. The molecule has 0 fully saturated rings. The van der Waals surface area contributed by atoms with E-state index in [9.17, 15) is 4.79 Å². The van der Waals surface area contributed by atoms with E-state index in [2.05, 4.69) is 5.32 Å². The SMILES string of the molecule is O=C(NCCO)c1cccc(OCCOc2c(Cl)cccc2Cl)c1. The van der Waals surface area contributed by atoms with Crippen molar-refractivity contribution in [2.75, 3.05) is 26.4 Å². The fourth-order valence-electron chi connectivity index (χ4n) is 1.92. The average Bonchev–Trinajstić information content (AvgIpc) is 2.59. The summed E-state index contributed by atoms with van der Waals surface area (Å²) in [5, 5.41) is 12.2. The highest BCUT2D eigenvalue weighted by atomic mass is 35.5. The maximum absolute atomic E-state index is 11.8. The van der Waals surface area contributed by atoms with Gasteiger partial charge < -0.3 is 19.9 Å². The minimum Gasteiger partial charge on any atom is -0.490 e. The molecule has 2 N–H and O–H groups in total. The number of hydrogen-bond donors (Lipinski definition) is 2. The van der Waals surface area contributed by atoms with Gasteiger partial charge >= 0.3 is 0 Å². The second kappa shape index (κ2) is 9.37. The first-order valence-electron chi connectivity index (χ1n) is 7.30. The van der Waals surface area contributed by atoms with E-state index in [0.29, 0.717) is 27.1 Å². The molecule has 24 heavy (non-hydrogen) atoms. The Morgan fingerprint density at radius 3 is 2.42 bits per heavy atom. The van der Waals surface area contributed by atoms with Crippen molar-refractivity contribution in [1.82, 2.24) is 5.32 Å². The maximum Gasteiger partial charge on any atom is 0.251 e. The number of carbonyl (C=O) groups is 1. The van der Waals surface area contributed by atoms with Crippen molar-refractivity contribution in [2.45, 2.75) is 0 Å². The van der Waals surface area contributed by atoms with Gasteiger partial charge in [-0.2, -0.15) is 0 Å². The molecule has 5 nitrogen and oxygen atoms in total. The Balaban J connectivity index is 1.85. The van der Waals surface area contributed by atoms with Crippen molar-refractivity contribution in [3.63, 3.8) is 0 Å². The molecule has 2 aromatic rings. The number of aliphatic hydroxyl groups is 1. The summed E-state index contributed by atoms with van der Waals surface area (Å²) in [5.41, 5.74) is 0.455. The number of benzene rings is 2. The Morgan fingerprint density at radius 1 is 1.04 bits per heavy atom. The zero-order chi connectivity index (χ0) is 17.4. The summed E-state index contributed by atoms with van der Waals surface area (Å²) >= 11 is 12.0. The highest BCUT2D eigenvalue weighted by Crippen LogP contribution is 2.32. The fourth-order valence-corrected chi connectivity index (χ4v) is 2.43. The maximum atomic E-state index is 11.8. The van der Waals surface area contributed by atoms with Crippen LogP contribution in [-0.4, -0.2) is 37.4 Å². The summed E-state index contributed by atoms with van der Waals surface area (Å²) in [6.07, 6.45) is 0. The van der Waals surface area contributed by atoms with Crippen molar-refractivity contribution >= 4 is 29.1 Å². The van der Waals surface area contributed by atoms with Gasteiger partial charge in [0.1, 0.15) is 19.0 Å². The molecular weight excluding hydrogens is 353 g/mol. The number of halogens is 2. The van der Waals surface area contributed by atoms with Crippen molar-refractivity contribution in [2.24, 2.45) is 0 Å². The smallest absolute Gasteiger partial charge is 0.251 e. The minimum absolute atomic E-state index is 0.107. The van der Waals surface area contributed by atoms with Gasteiger partial charge in [0.15, 0.2) is 5.75 Å². The molecule has 0 atom stereocenters. The van der Waals surface area contributed by atoms with E-state index in [0.717, 1.165) is 0 Å². The van der Waals surface area contributed by atoms with Crippen LogP contribution in [-0.2, 0) is 0 Å². The van der Waals surface area contributed by atoms with Crippen molar-refractivity contribution in [1.29, 1.82) is 0 Å². The van der Waals surface area contributed by atoms with Crippen LogP contribution in [0.5, 0.6) is 11.5 Å². The van der Waals surface area contributed by atoms with Gasteiger partial charge in [-0.15, -0.1) is 0 Å². The Kier molecular flexibility index (Phi) is 7.18. The van der Waals surface area contributed by atoms with Gasteiger partial charge in [-0.3, -0.25) is 4.79 Å². The third kappa shape index (κ3) is 5.30. The molecule has 0 aliphatic heterocycles. The van der Waals surface area contributed by atoms with Crippen LogP contribution in [0.1, 0.15) is 10.4 Å². The summed E-state index contributed by atoms with van der Waals surface area (Å²) in [6.45, 7) is 0.619. The van der Waals surface area contributed by atoms with Crippen LogP contribution >= 0.6 is 23.2 Å². The van der Waals surface area contributed by atoms with Crippen LogP contribution in [0.4, 0.5) is 0 Å². The molecule has 0 spiro atoms. The topological polar surface area (TPSA) is 67.8 Å². The molecule has 0 aliphatic carbocycles. The molecule has 0 radical (unpaired) electrons. The highest BCUT2D eigenvalue weighted by Gasteiger charge is 2.08. The highest BCUT2D eigenvalue weighted by molar-refractivity contribution is 6.37. The number of aliphatic hydroxyl groups excluding tert-OH is 1. The number of hydrogen-bond acceptors (Lipinski definition) is 4. The lowest BCUT2D eigenvalue weighted by Crippen LogP contribution is -2.26. The lowest BCUT2D eigenvalue weighted by molar-refractivity contribution is 0.0944. The summed E-state index contributed by atoms with van der Waals surface area (Å²) in [7, 11) is 0. The third-order valence-corrected chi connectivity index (χ3v) is 3.61. The van der Waals surface area contributed by atoms with E-state index >= 15 is 0 Å². The number of para-hydroxylation sites is 1. The summed E-state index contributed by atoms with van der Waals surface area (Å²) < 4.78 is 11.1. The van der Waals surface area contributed by atoms with Gasteiger partial charge in [0.25, 0.3) is 5.91 Å². The van der Waals surface area contributed by atoms with E-state index in [1.165, 1.54) is 0 Å². The van der Waals surface area contributed by atoms with Crippen LogP contribution in [0, 0.1) is 0 Å². The molecule has 0 saturated carbocycles. The number of carbonyl (C=O) groups excluding carboxylic acids is 1. The third-order valence-electron chi connectivity index (χ3n) is 3.01. The Hall–Kier alpha value is -1.95. The van der Waals surface area contributed by atoms with E-state index in [-0.39, 0.29) is 32.3 Å². The number of rotatable bonds is 8. The van der Waals surface area contributed by atoms with Crippen LogP contribution in [0.25, 0.3) is 0 Å². The predicted octanol–water partition coefficient (Wildman–Crippen LogP) is 3.17. The van der Waals surface area contributed by atoms with E-state index in [1.807, 2.05) is 0 Å². The molecule has 128 valence electrons. The van der Waals surface area contributed by atoms with Gasteiger partial charge in [-0.1, -0.05) is 35.3 Å². The lowest BCUT2D eigenvalue weighted by atomic mass is 10.2. The summed E-state index contributed by atoms with van der Waals surface area (Å²) in [6, 6.07) is 11.9. The fraction of sp³-hybridized carbons (Fsp3) is 0.235. The molecule has 7 heteroatoms. The minimum atomic E-state index is -0.270. The number of ether oxygens (including phenoxy) is 2. The standard InChI is InChI=1S/C17H17Cl2NO4/c18-14-5-2-6-15(19)16(14)24-10-9-23-13-4-1-3-12(11-13)17(22)20-7-8-21/h1-6,11,21H,7-10H2,(H,20,22).